The molecule has 0 aromatic heterocycles. The van der Waals surface area contributed by atoms with Crippen molar-refractivity contribution in [1.82, 2.24) is 15.5 Å². The summed E-state index contributed by atoms with van der Waals surface area (Å²) in [6.07, 6.45) is 5.92. The predicted octanol–water partition coefficient (Wildman–Crippen LogP) is 3.62. The summed E-state index contributed by atoms with van der Waals surface area (Å²) in [5.41, 5.74) is 6.95. The summed E-state index contributed by atoms with van der Waals surface area (Å²) in [6.45, 7) is 10.8. The monoisotopic (exact) mass is 506 g/mol. The van der Waals surface area contributed by atoms with Gasteiger partial charge in [0, 0.05) is 30.8 Å². The third-order valence-corrected chi connectivity index (χ3v) is 5.62. The molecule has 0 heterocycles. The van der Waals surface area contributed by atoms with E-state index in [1.54, 1.807) is 17.1 Å². The standard InChI is InChI=1S/C29H38N4O4/c1-4-16-33(17-5-2)29(36)25-18-24(28(35)32-22(3)23-12-8-6-9-13-23)19-26(20-25)37-21-27(34)31-15-11-7-10-14-30/h4-6,8-9,12-13,18-20,22H,1-2,7,10-11,14-17,21,30H2,3H3,(H,31,34)(H,32,35)/t22-/m1/s1. The molecule has 0 saturated heterocycles. The Morgan fingerprint density at radius 2 is 1.68 bits per heavy atom. The number of hydrogen-bond acceptors (Lipinski definition) is 5. The highest BCUT2D eigenvalue weighted by atomic mass is 16.5. The van der Waals surface area contributed by atoms with Crippen LogP contribution < -0.4 is 21.1 Å². The Bertz CT molecular complexity index is 1050. The van der Waals surface area contributed by atoms with Gasteiger partial charge in [-0.25, -0.2) is 0 Å². The van der Waals surface area contributed by atoms with E-state index in [1.165, 1.54) is 18.2 Å². The van der Waals surface area contributed by atoms with Crippen molar-refractivity contribution in [3.8, 4) is 5.75 Å². The number of nitrogens with one attached hydrogen (secondary N) is 2. The second kappa shape index (κ2) is 16.0. The Labute approximate surface area is 219 Å². The number of carbonyl (C=O) groups is 3. The van der Waals surface area contributed by atoms with Gasteiger partial charge in [0.15, 0.2) is 6.61 Å². The van der Waals surface area contributed by atoms with Crippen molar-refractivity contribution in [3.63, 3.8) is 0 Å². The van der Waals surface area contributed by atoms with Crippen LogP contribution in [0, 0.1) is 0 Å². The lowest BCUT2D eigenvalue weighted by Crippen LogP contribution is -2.32. The van der Waals surface area contributed by atoms with E-state index in [0.29, 0.717) is 26.2 Å². The lowest BCUT2D eigenvalue weighted by Gasteiger charge is -2.21. The molecule has 0 spiro atoms. The van der Waals surface area contributed by atoms with Crippen LogP contribution in [-0.2, 0) is 4.79 Å². The van der Waals surface area contributed by atoms with Crippen LogP contribution in [0.25, 0.3) is 0 Å². The average molecular weight is 507 g/mol. The third-order valence-electron chi connectivity index (χ3n) is 5.62. The molecule has 8 nitrogen and oxygen atoms in total. The van der Waals surface area contributed by atoms with E-state index < -0.39 is 0 Å². The van der Waals surface area contributed by atoms with Crippen molar-refractivity contribution in [1.29, 1.82) is 0 Å². The number of benzene rings is 2. The van der Waals surface area contributed by atoms with Gasteiger partial charge in [-0.15, -0.1) is 13.2 Å². The summed E-state index contributed by atoms with van der Waals surface area (Å²) in [4.78, 5) is 40.1. The minimum absolute atomic E-state index is 0.237. The van der Waals surface area contributed by atoms with Crippen molar-refractivity contribution >= 4 is 17.7 Å². The van der Waals surface area contributed by atoms with Crippen LogP contribution in [0.5, 0.6) is 5.75 Å². The molecule has 198 valence electrons. The number of ether oxygens (including phenoxy) is 1. The Hall–Kier alpha value is -3.91. The van der Waals surface area contributed by atoms with Crippen molar-refractivity contribution in [2.45, 2.75) is 32.2 Å². The zero-order chi connectivity index (χ0) is 27.0. The topological polar surface area (TPSA) is 114 Å². The fraction of sp³-hybridized carbons (Fsp3) is 0.345. The molecule has 0 aliphatic carbocycles. The number of nitrogens with zero attached hydrogens (tertiary/aromatic N) is 1. The Morgan fingerprint density at radius 1 is 1.00 bits per heavy atom. The van der Waals surface area contributed by atoms with Crippen LogP contribution in [0.4, 0.5) is 0 Å². The quantitative estimate of drug-likeness (QED) is 0.238. The molecule has 0 unspecified atom stereocenters. The number of carbonyl (C=O) groups excluding carboxylic acids is 3. The zero-order valence-corrected chi connectivity index (χ0v) is 21.6. The summed E-state index contributed by atoms with van der Waals surface area (Å²) in [6, 6.07) is 13.9. The van der Waals surface area contributed by atoms with E-state index in [4.69, 9.17) is 10.5 Å². The average Bonchev–Trinajstić information content (AvgIpc) is 2.91. The zero-order valence-electron chi connectivity index (χ0n) is 21.6. The second-order valence-corrected chi connectivity index (χ2v) is 8.63. The number of unbranched alkanes of at least 4 members (excludes halogenated alkanes) is 2. The minimum Gasteiger partial charge on any atom is -0.484 e. The maximum atomic E-state index is 13.2. The highest BCUT2D eigenvalue weighted by Crippen LogP contribution is 2.21. The van der Waals surface area contributed by atoms with Crippen LogP contribution >= 0.6 is 0 Å². The summed E-state index contributed by atoms with van der Waals surface area (Å²) in [5, 5.41) is 5.76. The largest absolute Gasteiger partial charge is 0.484 e. The van der Waals surface area contributed by atoms with Crippen LogP contribution in [-0.4, -0.2) is 55.4 Å². The van der Waals surface area contributed by atoms with Crippen LogP contribution in [0.2, 0.25) is 0 Å². The molecule has 0 radical (unpaired) electrons. The Morgan fingerprint density at radius 3 is 2.32 bits per heavy atom. The third kappa shape index (κ3) is 9.93. The molecule has 0 bridgehead atoms. The van der Waals surface area contributed by atoms with Gasteiger partial charge in [0.25, 0.3) is 17.7 Å². The van der Waals surface area contributed by atoms with Crippen LogP contribution in [0.15, 0.2) is 73.8 Å². The molecule has 0 fully saturated rings. The van der Waals surface area contributed by atoms with Gasteiger partial charge in [-0.3, -0.25) is 14.4 Å². The first kappa shape index (κ1) is 29.3. The minimum atomic E-state index is -0.362. The molecule has 4 N–H and O–H groups in total. The number of amides is 3. The van der Waals surface area contributed by atoms with Gasteiger partial charge >= 0.3 is 0 Å². The molecule has 0 aliphatic heterocycles. The van der Waals surface area contributed by atoms with Gasteiger partial charge in [-0.05, 0) is 50.1 Å². The fourth-order valence-electron chi connectivity index (χ4n) is 3.65. The normalized spacial score (nSPS) is 11.2. The molecule has 2 rings (SSSR count). The summed E-state index contributed by atoms with van der Waals surface area (Å²) < 4.78 is 5.69. The van der Waals surface area contributed by atoms with Crippen molar-refractivity contribution in [2.24, 2.45) is 5.73 Å². The van der Waals surface area contributed by atoms with Gasteiger partial charge in [0.1, 0.15) is 5.75 Å². The van der Waals surface area contributed by atoms with E-state index in [2.05, 4.69) is 23.8 Å². The summed E-state index contributed by atoms with van der Waals surface area (Å²) in [5.74, 6) is -0.703. The van der Waals surface area contributed by atoms with E-state index in [9.17, 15) is 14.4 Å². The fourth-order valence-corrected chi connectivity index (χ4v) is 3.65. The van der Waals surface area contributed by atoms with Crippen LogP contribution in [0.1, 0.15) is 58.5 Å². The van der Waals surface area contributed by atoms with Gasteiger partial charge in [-0.1, -0.05) is 48.9 Å². The van der Waals surface area contributed by atoms with Crippen molar-refractivity contribution < 1.29 is 19.1 Å². The van der Waals surface area contributed by atoms with Crippen LogP contribution in [0.3, 0.4) is 0 Å². The first-order valence-corrected chi connectivity index (χ1v) is 12.5. The Kier molecular flexibility index (Phi) is 12.6. The maximum Gasteiger partial charge on any atom is 0.257 e. The maximum absolute atomic E-state index is 13.2. The smallest absolute Gasteiger partial charge is 0.257 e. The van der Waals surface area contributed by atoms with Crippen molar-refractivity contribution in [2.75, 3.05) is 32.8 Å². The van der Waals surface area contributed by atoms with Gasteiger partial charge < -0.3 is 26.0 Å². The lowest BCUT2D eigenvalue weighted by molar-refractivity contribution is -0.123. The van der Waals surface area contributed by atoms with E-state index >= 15 is 0 Å². The molecule has 8 heteroatoms. The molecular formula is C29H38N4O4. The Balaban J connectivity index is 2.21. The molecule has 2 aromatic rings. The van der Waals surface area contributed by atoms with E-state index in [-0.39, 0.29) is 47.2 Å². The first-order valence-electron chi connectivity index (χ1n) is 12.5. The van der Waals surface area contributed by atoms with E-state index in [1.807, 2.05) is 37.3 Å². The van der Waals surface area contributed by atoms with Gasteiger partial charge in [-0.2, -0.15) is 0 Å². The summed E-state index contributed by atoms with van der Waals surface area (Å²) in [7, 11) is 0. The molecule has 2 aromatic carbocycles. The number of hydrogen-bond donors (Lipinski definition) is 3. The number of nitrogens with two attached hydrogens (primary N) is 1. The molecule has 1 atom stereocenters. The molecular weight excluding hydrogens is 468 g/mol. The van der Waals surface area contributed by atoms with Gasteiger partial charge in [0.05, 0.1) is 6.04 Å². The predicted molar refractivity (Wildman–Crippen MR) is 146 cm³/mol. The number of rotatable bonds is 16. The van der Waals surface area contributed by atoms with Crippen molar-refractivity contribution in [3.05, 3.63) is 90.5 Å². The summed E-state index contributed by atoms with van der Waals surface area (Å²) >= 11 is 0. The first-order chi connectivity index (χ1) is 17.9. The molecule has 0 aliphatic rings. The molecule has 3 amide bonds. The highest BCUT2D eigenvalue weighted by molar-refractivity contribution is 6.00. The van der Waals surface area contributed by atoms with Gasteiger partial charge in [0.2, 0.25) is 0 Å². The van der Waals surface area contributed by atoms with E-state index in [0.717, 1.165) is 24.8 Å². The SMILES string of the molecule is C=CCN(CC=C)C(=O)c1cc(OCC(=O)NCCCCCN)cc(C(=O)N[C@H](C)c2ccccc2)c1. The highest BCUT2D eigenvalue weighted by Gasteiger charge is 2.19. The molecule has 37 heavy (non-hydrogen) atoms. The lowest BCUT2D eigenvalue weighted by atomic mass is 10.1. The molecule has 0 saturated carbocycles. The second-order valence-electron chi connectivity index (χ2n) is 8.63.